The predicted octanol–water partition coefficient (Wildman–Crippen LogP) is 2.90. The number of carbonyl (C=O) groups excluding carboxylic acids is 4. The summed E-state index contributed by atoms with van der Waals surface area (Å²) in [5.41, 5.74) is 2.29. The first-order valence-electron chi connectivity index (χ1n) is 12.1. The molecule has 1 fully saturated rings. The normalized spacial score (nSPS) is 26.3. The molecule has 8 heteroatoms. The lowest BCUT2D eigenvalue weighted by atomic mass is 9.88. The number of carbonyl (C=O) groups is 4. The van der Waals surface area contributed by atoms with E-state index in [0.29, 0.717) is 5.57 Å². The van der Waals surface area contributed by atoms with Gasteiger partial charge in [0.1, 0.15) is 24.7 Å². The van der Waals surface area contributed by atoms with Crippen LogP contribution in [0, 0.1) is 23.7 Å². The molecule has 0 aliphatic carbocycles. The van der Waals surface area contributed by atoms with E-state index in [-0.39, 0.29) is 18.3 Å². The number of likely N-dealkylation sites (N-methyl/N-ethyl adjacent to an activating group) is 1. The average Bonchev–Trinajstić information content (AvgIpc) is 2.75. The maximum absolute atomic E-state index is 12.8. The molecule has 2 N–H and O–H groups in total. The standard InChI is InChI=1S/C28H41N3O5/c1-11-12-22-26(34)29-16-24(33)36-25(19(4)13-17(2)15-28(7,8)9)20(5)18(3)14-23(32)30-21(6)27(35)31(22)10/h1,13,15,20-22,25H,3,12,14,16H2,2,4-10H3,(H,29,34)(H,30,32)/b17-15+,19-13+/t20-,21+,22?,25+/m1/s1. The Kier molecular flexibility index (Phi) is 11.2. The van der Waals surface area contributed by atoms with E-state index in [1.807, 2.05) is 26.8 Å². The van der Waals surface area contributed by atoms with Gasteiger partial charge in [0, 0.05) is 25.8 Å². The van der Waals surface area contributed by atoms with Crippen LogP contribution in [0.3, 0.4) is 0 Å². The van der Waals surface area contributed by atoms with E-state index in [1.54, 1.807) is 6.92 Å². The topological polar surface area (TPSA) is 105 Å². The van der Waals surface area contributed by atoms with E-state index in [9.17, 15) is 19.2 Å². The molecule has 0 aromatic rings. The number of hydrogen-bond donors (Lipinski definition) is 2. The van der Waals surface area contributed by atoms with E-state index in [0.717, 1.165) is 11.1 Å². The second kappa shape index (κ2) is 13.1. The number of esters is 1. The number of cyclic esters (lactones) is 1. The molecule has 0 spiro atoms. The molecule has 1 unspecified atom stereocenters. The van der Waals surface area contributed by atoms with Gasteiger partial charge in [0.25, 0.3) is 0 Å². The number of nitrogens with one attached hydrogen (secondary N) is 2. The van der Waals surface area contributed by atoms with Crippen molar-refractivity contribution in [2.75, 3.05) is 13.6 Å². The molecule has 1 rings (SSSR count). The van der Waals surface area contributed by atoms with Crippen LogP contribution in [0.25, 0.3) is 0 Å². The molecule has 4 atom stereocenters. The third kappa shape index (κ3) is 9.37. The highest BCUT2D eigenvalue weighted by Gasteiger charge is 2.32. The van der Waals surface area contributed by atoms with Gasteiger partial charge in [-0.25, -0.2) is 0 Å². The lowest BCUT2D eigenvalue weighted by Crippen LogP contribution is -2.53. The summed E-state index contributed by atoms with van der Waals surface area (Å²) in [4.78, 5) is 52.3. The minimum atomic E-state index is -1.00. The van der Waals surface area contributed by atoms with Crippen molar-refractivity contribution in [1.82, 2.24) is 15.5 Å². The van der Waals surface area contributed by atoms with Gasteiger partial charge < -0.3 is 20.3 Å². The van der Waals surface area contributed by atoms with Gasteiger partial charge in [-0.15, -0.1) is 12.3 Å². The Morgan fingerprint density at radius 1 is 1.22 bits per heavy atom. The lowest BCUT2D eigenvalue weighted by Gasteiger charge is -2.28. The summed E-state index contributed by atoms with van der Waals surface area (Å²) < 4.78 is 5.79. The monoisotopic (exact) mass is 499 g/mol. The Hall–Kier alpha value is -3.34. The molecule has 3 amide bonds. The van der Waals surface area contributed by atoms with Crippen LogP contribution in [0.1, 0.15) is 61.3 Å². The quantitative estimate of drug-likeness (QED) is 0.269. The van der Waals surface area contributed by atoms with Crippen molar-refractivity contribution in [3.63, 3.8) is 0 Å². The first-order chi connectivity index (χ1) is 16.6. The minimum Gasteiger partial charge on any atom is -0.456 e. The minimum absolute atomic E-state index is 0.0346. The van der Waals surface area contributed by atoms with Crippen molar-refractivity contribution in [3.05, 3.63) is 35.5 Å². The number of allylic oxidation sites excluding steroid dienone is 3. The molecular weight excluding hydrogens is 458 g/mol. The van der Waals surface area contributed by atoms with Crippen LogP contribution in [0.2, 0.25) is 0 Å². The van der Waals surface area contributed by atoms with Crippen molar-refractivity contribution in [3.8, 4) is 12.3 Å². The van der Waals surface area contributed by atoms with Gasteiger partial charge in [-0.2, -0.15) is 0 Å². The first-order valence-corrected chi connectivity index (χ1v) is 12.1. The maximum atomic E-state index is 12.8. The molecular formula is C28H41N3O5. The molecule has 0 saturated carbocycles. The Labute approximate surface area is 215 Å². The first kappa shape index (κ1) is 30.7. The SMILES string of the molecule is C#CCC1C(=O)NCC(=O)O[C@@H](/C(C)=C/C(C)=C/C(C)(C)C)[C@H](C)C(=C)CC(=O)N[C@@H](C)C(=O)N1C. The number of nitrogens with zero attached hydrogens (tertiary/aromatic N) is 1. The molecule has 198 valence electrons. The van der Waals surface area contributed by atoms with E-state index in [2.05, 4.69) is 50.0 Å². The van der Waals surface area contributed by atoms with Gasteiger partial charge in [-0.1, -0.05) is 57.6 Å². The third-order valence-corrected chi connectivity index (χ3v) is 5.89. The molecule has 1 aliphatic heterocycles. The van der Waals surface area contributed by atoms with E-state index >= 15 is 0 Å². The molecule has 0 aromatic heterocycles. The van der Waals surface area contributed by atoms with Gasteiger partial charge in [-0.05, 0) is 31.8 Å². The van der Waals surface area contributed by atoms with Crippen molar-refractivity contribution < 1.29 is 23.9 Å². The number of amides is 3. The largest absolute Gasteiger partial charge is 0.456 e. The van der Waals surface area contributed by atoms with Gasteiger partial charge in [0.2, 0.25) is 17.7 Å². The van der Waals surface area contributed by atoms with Crippen molar-refractivity contribution in [2.24, 2.45) is 11.3 Å². The van der Waals surface area contributed by atoms with E-state index < -0.39 is 54.3 Å². The Bertz CT molecular complexity index is 980. The highest BCUT2D eigenvalue weighted by atomic mass is 16.5. The Morgan fingerprint density at radius 2 is 1.83 bits per heavy atom. The summed E-state index contributed by atoms with van der Waals surface area (Å²) >= 11 is 0. The molecule has 0 aromatic carbocycles. The van der Waals surface area contributed by atoms with Gasteiger partial charge >= 0.3 is 5.97 Å². The molecule has 0 radical (unpaired) electrons. The fourth-order valence-electron chi connectivity index (χ4n) is 4.13. The van der Waals surface area contributed by atoms with E-state index in [1.165, 1.54) is 11.9 Å². The highest BCUT2D eigenvalue weighted by Crippen LogP contribution is 2.27. The second-order valence-corrected chi connectivity index (χ2v) is 10.6. The smallest absolute Gasteiger partial charge is 0.326 e. The number of terminal acetylenes is 1. The molecule has 1 aliphatic rings. The van der Waals surface area contributed by atoms with Crippen LogP contribution >= 0.6 is 0 Å². The molecule has 1 saturated heterocycles. The summed E-state index contributed by atoms with van der Waals surface area (Å²) in [6, 6.07) is -1.89. The van der Waals surface area contributed by atoms with Crippen LogP contribution in [-0.2, 0) is 23.9 Å². The van der Waals surface area contributed by atoms with Crippen LogP contribution in [0.15, 0.2) is 35.5 Å². The second-order valence-electron chi connectivity index (χ2n) is 10.6. The third-order valence-electron chi connectivity index (χ3n) is 5.89. The van der Waals surface area contributed by atoms with Crippen LogP contribution in [0.4, 0.5) is 0 Å². The van der Waals surface area contributed by atoms with Crippen LogP contribution in [0.5, 0.6) is 0 Å². The van der Waals surface area contributed by atoms with Crippen LogP contribution in [-0.4, -0.2) is 60.4 Å². The van der Waals surface area contributed by atoms with Gasteiger partial charge in [0.05, 0.1) is 0 Å². The fourth-order valence-corrected chi connectivity index (χ4v) is 4.13. The molecule has 0 bridgehead atoms. The maximum Gasteiger partial charge on any atom is 0.326 e. The Morgan fingerprint density at radius 3 is 2.39 bits per heavy atom. The summed E-state index contributed by atoms with van der Waals surface area (Å²) in [5.74, 6) is -0.133. The zero-order valence-electron chi connectivity index (χ0n) is 22.9. The molecule has 1 heterocycles. The summed E-state index contributed by atoms with van der Waals surface area (Å²) in [5, 5.41) is 5.19. The number of ether oxygens (including phenoxy) is 1. The summed E-state index contributed by atoms with van der Waals surface area (Å²) in [6.07, 6.45) is 8.65. The zero-order chi connectivity index (χ0) is 27.8. The number of hydrogen-bond acceptors (Lipinski definition) is 5. The predicted molar refractivity (Wildman–Crippen MR) is 140 cm³/mol. The van der Waals surface area contributed by atoms with Crippen LogP contribution < -0.4 is 10.6 Å². The molecule has 8 nitrogen and oxygen atoms in total. The highest BCUT2D eigenvalue weighted by molar-refractivity contribution is 5.93. The summed E-state index contributed by atoms with van der Waals surface area (Å²) in [6.45, 7) is 17.1. The molecule has 36 heavy (non-hydrogen) atoms. The zero-order valence-corrected chi connectivity index (χ0v) is 22.9. The Balaban J connectivity index is 3.39. The van der Waals surface area contributed by atoms with Gasteiger partial charge in [-0.3, -0.25) is 19.2 Å². The van der Waals surface area contributed by atoms with Crippen molar-refractivity contribution in [2.45, 2.75) is 79.5 Å². The summed E-state index contributed by atoms with van der Waals surface area (Å²) in [7, 11) is 1.43. The van der Waals surface area contributed by atoms with E-state index in [4.69, 9.17) is 11.2 Å². The fraction of sp³-hybridized carbons (Fsp3) is 0.571. The number of rotatable bonds is 3. The lowest BCUT2D eigenvalue weighted by molar-refractivity contribution is -0.149. The average molecular weight is 500 g/mol. The van der Waals surface area contributed by atoms with Crippen molar-refractivity contribution in [1.29, 1.82) is 0 Å². The van der Waals surface area contributed by atoms with Gasteiger partial charge in [0.15, 0.2) is 0 Å². The van der Waals surface area contributed by atoms with Crippen molar-refractivity contribution >= 4 is 23.7 Å².